The number of rotatable bonds is 13. The Morgan fingerprint density at radius 2 is 1.75 bits per heavy atom. The van der Waals surface area contributed by atoms with Gasteiger partial charge in [0.2, 0.25) is 17.7 Å². The van der Waals surface area contributed by atoms with Gasteiger partial charge in [-0.25, -0.2) is 19.6 Å². The number of aryl methyl sites for hydroxylation is 1. The molecular weight excluding hydrogens is 821 g/mol. The molecule has 0 spiro atoms. The van der Waals surface area contributed by atoms with Gasteiger partial charge >= 0.3 is 0 Å². The molecule has 5 aromatic rings. The number of benzene rings is 2. The molecule has 2 fully saturated rings. The van der Waals surface area contributed by atoms with Crippen molar-refractivity contribution in [2.24, 2.45) is 5.41 Å². The molecule has 0 radical (unpaired) electrons. The van der Waals surface area contributed by atoms with Gasteiger partial charge in [0.05, 0.1) is 53.9 Å². The zero-order valence-corrected chi connectivity index (χ0v) is 37.7. The van der Waals surface area contributed by atoms with Crippen molar-refractivity contribution in [1.29, 1.82) is 0 Å². The predicted octanol–water partition coefficient (Wildman–Crippen LogP) is 4.65. The maximum Gasteiger partial charge on any atom is 0.246 e. The average molecular weight is 877 g/mol. The van der Waals surface area contributed by atoms with Gasteiger partial charge in [0.15, 0.2) is 5.65 Å². The normalized spacial score (nSPS) is 18.7. The predicted molar refractivity (Wildman–Crippen MR) is 241 cm³/mol. The highest BCUT2D eigenvalue weighted by molar-refractivity contribution is 7.13. The molecule has 2 unspecified atom stereocenters. The first-order valence-electron chi connectivity index (χ1n) is 21.2. The smallest absolute Gasteiger partial charge is 0.246 e. The fourth-order valence-corrected chi connectivity index (χ4v) is 9.09. The summed E-state index contributed by atoms with van der Waals surface area (Å²) in [5.41, 5.74) is 12.2. The number of nitrogens with two attached hydrogens (primary N) is 1. The molecule has 2 aliphatic heterocycles. The molecule has 3 amide bonds. The highest BCUT2D eigenvalue weighted by atomic mass is 32.1. The van der Waals surface area contributed by atoms with Gasteiger partial charge in [-0.1, -0.05) is 51.0 Å². The maximum atomic E-state index is 14.2. The fourth-order valence-electron chi connectivity index (χ4n) is 8.28. The van der Waals surface area contributed by atoms with Crippen LogP contribution in [0, 0.1) is 24.2 Å². The first kappa shape index (κ1) is 44.9. The van der Waals surface area contributed by atoms with Crippen LogP contribution in [0.15, 0.2) is 54.3 Å². The lowest BCUT2D eigenvalue weighted by Crippen LogP contribution is -2.57. The summed E-state index contributed by atoms with van der Waals surface area (Å²) in [7, 11) is 3.17. The number of nitrogens with one attached hydrogen (secondary N) is 2. The van der Waals surface area contributed by atoms with Gasteiger partial charge in [0.1, 0.15) is 41.4 Å². The zero-order chi connectivity index (χ0) is 45.0. The van der Waals surface area contributed by atoms with Gasteiger partial charge in [-0.15, -0.1) is 11.3 Å². The third kappa shape index (κ3) is 10.2. The number of carbonyl (C=O) groups is 3. The molecule has 0 bridgehead atoms. The number of aliphatic hydroxyl groups excluding tert-OH is 1. The van der Waals surface area contributed by atoms with Crippen molar-refractivity contribution in [2.75, 3.05) is 46.1 Å². The lowest BCUT2D eigenvalue weighted by Gasteiger charge is -2.35. The summed E-state index contributed by atoms with van der Waals surface area (Å²) in [6.45, 7) is 11.6. The van der Waals surface area contributed by atoms with Crippen LogP contribution in [-0.4, -0.2) is 116 Å². The monoisotopic (exact) mass is 876 g/mol. The largest absolute Gasteiger partial charge is 0.497 e. The second-order valence-electron chi connectivity index (χ2n) is 17.3. The van der Waals surface area contributed by atoms with Crippen molar-refractivity contribution < 1.29 is 29.0 Å². The van der Waals surface area contributed by atoms with E-state index in [1.54, 1.807) is 31.6 Å². The molecule has 7 rings (SSSR count). The Balaban J connectivity index is 0.945. The fraction of sp³-hybridized carbons (Fsp3) is 0.457. The highest BCUT2D eigenvalue weighted by Crippen LogP contribution is 2.32. The number of methoxy groups -OCH3 is 2. The Morgan fingerprint density at radius 1 is 1.02 bits per heavy atom. The molecule has 0 saturated carbocycles. The van der Waals surface area contributed by atoms with Crippen molar-refractivity contribution in [3.05, 3.63) is 76.8 Å². The number of nitrogens with zero attached hydrogens (tertiary/aromatic N) is 7. The summed E-state index contributed by atoms with van der Waals surface area (Å²) in [6, 6.07) is 11.2. The van der Waals surface area contributed by atoms with Crippen LogP contribution in [0.25, 0.3) is 21.5 Å². The molecule has 2 aliphatic rings. The van der Waals surface area contributed by atoms with E-state index in [0.29, 0.717) is 59.1 Å². The van der Waals surface area contributed by atoms with Crippen molar-refractivity contribution >= 4 is 45.9 Å². The number of carbonyl (C=O) groups excluding carboxylic acids is 3. The van der Waals surface area contributed by atoms with Crippen molar-refractivity contribution in [3.63, 3.8) is 0 Å². The minimum atomic E-state index is -0.910. The van der Waals surface area contributed by atoms with Crippen LogP contribution < -0.4 is 25.8 Å². The third-order valence-electron chi connectivity index (χ3n) is 11.7. The van der Waals surface area contributed by atoms with Crippen LogP contribution in [0.5, 0.6) is 11.5 Å². The van der Waals surface area contributed by atoms with Crippen molar-refractivity contribution in [1.82, 2.24) is 45.2 Å². The van der Waals surface area contributed by atoms with Gasteiger partial charge in [-0.2, -0.15) is 5.10 Å². The molecule has 5 atom stereocenters. The van der Waals surface area contributed by atoms with E-state index in [2.05, 4.69) is 42.3 Å². The van der Waals surface area contributed by atoms with E-state index < -0.39 is 29.5 Å². The Morgan fingerprint density at radius 3 is 2.41 bits per heavy atom. The first-order chi connectivity index (χ1) is 30.1. The van der Waals surface area contributed by atoms with Gasteiger partial charge in [-0.05, 0) is 67.8 Å². The van der Waals surface area contributed by atoms with Gasteiger partial charge in [0, 0.05) is 44.1 Å². The zero-order valence-electron chi connectivity index (χ0n) is 36.8. The number of thiazole rings is 1. The minimum Gasteiger partial charge on any atom is -0.497 e. The third-order valence-corrected chi connectivity index (χ3v) is 12.7. The van der Waals surface area contributed by atoms with E-state index in [0.717, 1.165) is 34.7 Å². The number of fused-ring (bicyclic) bond motifs is 1. The Hall–Kier alpha value is -6.09. The van der Waals surface area contributed by atoms with E-state index in [1.165, 1.54) is 11.2 Å². The molecule has 63 heavy (non-hydrogen) atoms. The quantitative estimate of drug-likeness (QED) is 0.120. The van der Waals surface area contributed by atoms with Crippen LogP contribution in [0.1, 0.15) is 88.0 Å². The number of hydrogen-bond donors (Lipinski definition) is 4. The topological polar surface area (TPSA) is 203 Å². The number of hydrogen-bond acceptors (Lipinski definition) is 13. The summed E-state index contributed by atoms with van der Waals surface area (Å²) < 4.78 is 12.7. The summed E-state index contributed by atoms with van der Waals surface area (Å²) in [5, 5.41) is 22.2. The number of likely N-dealkylation sites (tertiary alicyclic amines) is 2. The number of β-amino-alcohol motifs (C(OH)–C–C–N with tert-alkyl or cyclic N) is 1. The SMILES string of the molecule is COc1cc(C#Cc2nn([C@H]3CCN(CCCC(=O)NC(C(=O)N4C[C@H](O)C[C@H]4C(=O)NC(C)c4ccc(-c5scnc5C)cc4)C(C)(C)C)C3)c3ncnc(N)c23)cc(OC)c1. The van der Waals surface area contributed by atoms with E-state index in [-0.39, 0.29) is 43.3 Å². The molecule has 332 valence electrons. The minimum absolute atomic E-state index is 0.00247. The molecule has 5 N–H and O–H groups in total. The van der Waals surface area contributed by atoms with Crippen LogP contribution in [0.2, 0.25) is 0 Å². The average Bonchev–Trinajstić information content (AvgIpc) is 4.08. The number of aliphatic hydroxyl groups is 1. The maximum absolute atomic E-state index is 14.2. The van der Waals surface area contributed by atoms with E-state index >= 15 is 0 Å². The van der Waals surface area contributed by atoms with Crippen LogP contribution in [0.3, 0.4) is 0 Å². The van der Waals surface area contributed by atoms with Crippen LogP contribution >= 0.6 is 11.3 Å². The van der Waals surface area contributed by atoms with Gasteiger partial charge in [-0.3, -0.25) is 14.4 Å². The molecule has 17 heteroatoms. The highest BCUT2D eigenvalue weighted by Gasteiger charge is 2.44. The second-order valence-corrected chi connectivity index (χ2v) is 18.2. The van der Waals surface area contributed by atoms with Crippen LogP contribution in [-0.2, 0) is 14.4 Å². The lowest BCUT2D eigenvalue weighted by atomic mass is 9.85. The molecule has 2 saturated heterocycles. The van der Waals surface area contributed by atoms with Crippen molar-refractivity contribution in [2.45, 2.75) is 90.6 Å². The summed E-state index contributed by atoms with van der Waals surface area (Å²) >= 11 is 1.58. The first-order valence-corrected chi connectivity index (χ1v) is 22.1. The van der Waals surface area contributed by atoms with Gasteiger partial charge < -0.3 is 40.7 Å². The number of amides is 3. The molecule has 16 nitrogen and oxygen atoms in total. The number of ether oxygens (including phenoxy) is 2. The summed E-state index contributed by atoms with van der Waals surface area (Å²) in [5.74, 6) is 6.84. The van der Waals surface area contributed by atoms with Gasteiger partial charge in [0.25, 0.3) is 0 Å². The molecule has 0 aliphatic carbocycles. The number of nitrogen functional groups attached to an aromatic ring is 1. The van der Waals surface area contributed by atoms with E-state index in [1.807, 2.05) is 81.2 Å². The van der Waals surface area contributed by atoms with Crippen molar-refractivity contribution in [3.8, 4) is 33.8 Å². The molecular formula is C46H56N10O6S. The summed E-state index contributed by atoms with van der Waals surface area (Å²) in [4.78, 5) is 59.3. The number of aromatic nitrogens is 5. The second kappa shape index (κ2) is 19.1. The van der Waals surface area contributed by atoms with Crippen LogP contribution in [0.4, 0.5) is 5.82 Å². The van der Waals surface area contributed by atoms with E-state index in [4.69, 9.17) is 20.3 Å². The molecule has 5 heterocycles. The Kier molecular flexibility index (Phi) is 13.6. The lowest BCUT2D eigenvalue weighted by molar-refractivity contribution is -0.144. The van der Waals surface area contributed by atoms with E-state index in [9.17, 15) is 19.5 Å². The Labute approximate surface area is 371 Å². The number of anilines is 1. The molecule has 3 aromatic heterocycles. The standard InChI is InChI=1S/C46H56N10O6S/c1-27(30-11-13-31(14-12-30)40-28(2)50-26-63-40)51-44(59)37-21-33(57)24-55(37)45(60)41(46(3,4)5)52-38(58)9-8-17-54-18-16-32(23-54)56-43-39(42(47)48-25-49-43)36(53-56)15-10-29-19-34(61-6)22-35(20-29)62-7/h11-14,19-20,22,25-27,32-33,37,41,57H,8-9,16-18,21,23-24H2,1-7H3,(H,51,59)(H,52,58)(H2,47,48,49)/t27?,32-,33+,37-,41?/m0/s1. The molecule has 2 aromatic carbocycles. The Bertz CT molecular complexity index is 2500. The summed E-state index contributed by atoms with van der Waals surface area (Å²) in [6.07, 6.45) is 2.25.